The van der Waals surface area contributed by atoms with Crippen LogP contribution in [0.4, 0.5) is 0 Å². The van der Waals surface area contributed by atoms with Crippen molar-refractivity contribution in [3.8, 4) is 0 Å². The molecule has 104 valence electrons. The Morgan fingerprint density at radius 3 is 2.28 bits per heavy atom. The minimum atomic E-state index is -0.499. The molecule has 0 aliphatic heterocycles. The molecule has 0 heterocycles. The molecule has 0 saturated heterocycles. The number of hydrogen-bond acceptors (Lipinski definition) is 3. The van der Waals surface area contributed by atoms with Crippen LogP contribution in [0.15, 0.2) is 0 Å². The highest BCUT2D eigenvalue weighted by Crippen LogP contribution is 2.31. The average Bonchev–Trinajstić information content (AvgIpc) is 3.05. The summed E-state index contributed by atoms with van der Waals surface area (Å²) in [6, 6.07) is 0.0885. The highest BCUT2D eigenvalue weighted by molar-refractivity contribution is 5.85. The van der Waals surface area contributed by atoms with Crippen molar-refractivity contribution in [2.24, 2.45) is 5.92 Å². The van der Waals surface area contributed by atoms with Crippen molar-refractivity contribution in [3.05, 3.63) is 0 Å². The Morgan fingerprint density at radius 1 is 1.33 bits per heavy atom. The van der Waals surface area contributed by atoms with Gasteiger partial charge in [0.25, 0.3) is 0 Å². The third-order valence-corrected chi connectivity index (χ3v) is 3.05. The monoisotopic (exact) mass is 255 g/mol. The van der Waals surface area contributed by atoms with E-state index in [1.165, 1.54) is 0 Å². The second kappa shape index (κ2) is 5.72. The van der Waals surface area contributed by atoms with Gasteiger partial charge >= 0.3 is 5.97 Å². The molecule has 0 radical (unpaired) electrons. The number of carbonyl (C=O) groups excluding carboxylic acids is 2. The van der Waals surface area contributed by atoms with Gasteiger partial charge in [0.2, 0.25) is 5.91 Å². The summed E-state index contributed by atoms with van der Waals surface area (Å²) in [5.74, 6) is -0.0755. The van der Waals surface area contributed by atoms with Crippen molar-refractivity contribution >= 4 is 11.9 Å². The van der Waals surface area contributed by atoms with Crippen LogP contribution >= 0.6 is 0 Å². The lowest BCUT2D eigenvalue weighted by Crippen LogP contribution is -2.44. The van der Waals surface area contributed by atoms with Gasteiger partial charge in [0.15, 0.2) is 0 Å². The molecule has 1 aliphatic carbocycles. The van der Waals surface area contributed by atoms with Gasteiger partial charge in [-0.15, -0.1) is 0 Å². The van der Waals surface area contributed by atoms with E-state index in [-0.39, 0.29) is 30.4 Å². The Bertz CT molecular complexity index is 315. The van der Waals surface area contributed by atoms with E-state index in [1.54, 1.807) is 4.90 Å². The molecule has 0 N–H and O–H groups in total. The SMILES string of the molecule is CCC(C)N(CC(=O)OC(C)(C)C)C(=O)C1CC1. The molecule has 0 bridgehead atoms. The molecule has 4 heteroatoms. The summed E-state index contributed by atoms with van der Waals surface area (Å²) < 4.78 is 5.28. The zero-order valence-electron chi connectivity index (χ0n) is 12.2. The lowest BCUT2D eigenvalue weighted by Gasteiger charge is -2.29. The summed E-state index contributed by atoms with van der Waals surface area (Å²) in [4.78, 5) is 25.6. The molecule has 0 spiro atoms. The van der Waals surface area contributed by atoms with E-state index >= 15 is 0 Å². The van der Waals surface area contributed by atoms with Gasteiger partial charge in [0.1, 0.15) is 12.1 Å². The number of rotatable bonds is 5. The maximum atomic E-state index is 12.1. The Kier molecular flexibility index (Phi) is 4.77. The van der Waals surface area contributed by atoms with Gasteiger partial charge in [0.05, 0.1) is 0 Å². The van der Waals surface area contributed by atoms with Crippen molar-refractivity contribution < 1.29 is 14.3 Å². The summed E-state index contributed by atoms with van der Waals surface area (Å²) in [7, 11) is 0. The molecule has 1 fully saturated rings. The predicted octanol–water partition coefficient (Wildman–Crippen LogP) is 2.37. The first-order chi connectivity index (χ1) is 8.24. The zero-order valence-corrected chi connectivity index (χ0v) is 12.2. The Labute approximate surface area is 110 Å². The topological polar surface area (TPSA) is 46.6 Å². The third kappa shape index (κ3) is 4.67. The molecule has 1 saturated carbocycles. The molecule has 4 nitrogen and oxygen atoms in total. The molecule has 0 aromatic heterocycles. The molecule has 1 rings (SSSR count). The van der Waals surface area contributed by atoms with Gasteiger partial charge in [-0.2, -0.15) is 0 Å². The van der Waals surface area contributed by atoms with Crippen molar-refractivity contribution in [3.63, 3.8) is 0 Å². The lowest BCUT2D eigenvalue weighted by molar-refractivity contribution is -0.160. The smallest absolute Gasteiger partial charge is 0.326 e. The number of carbonyl (C=O) groups is 2. The van der Waals surface area contributed by atoms with Crippen LogP contribution in [0.2, 0.25) is 0 Å². The van der Waals surface area contributed by atoms with E-state index in [0.717, 1.165) is 19.3 Å². The van der Waals surface area contributed by atoms with Crippen LogP contribution in [0.5, 0.6) is 0 Å². The number of nitrogens with zero attached hydrogens (tertiary/aromatic N) is 1. The molecule has 1 aliphatic rings. The first-order valence-corrected chi connectivity index (χ1v) is 6.77. The van der Waals surface area contributed by atoms with Gasteiger partial charge in [-0.25, -0.2) is 0 Å². The summed E-state index contributed by atoms with van der Waals surface area (Å²) in [5, 5.41) is 0. The van der Waals surface area contributed by atoms with Gasteiger partial charge < -0.3 is 9.64 Å². The average molecular weight is 255 g/mol. The Balaban J connectivity index is 2.60. The number of esters is 1. The highest BCUT2D eigenvalue weighted by atomic mass is 16.6. The second-order valence-corrected chi connectivity index (χ2v) is 6.08. The van der Waals surface area contributed by atoms with E-state index in [2.05, 4.69) is 0 Å². The molecule has 18 heavy (non-hydrogen) atoms. The summed E-state index contributed by atoms with van der Waals surface area (Å²) in [6.45, 7) is 9.57. The number of amides is 1. The standard InChI is InChI=1S/C14H25NO3/c1-6-10(2)15(13(17)11-7-8-11)9-12(16)18-14(3,4)5/h10-11H,6-9H2,1-5H3. The van der Waals surface area contributed by atoms with Gasteiger partial charge in [0, 0.05) is 12.0 Å². The molecule has 1 atom stereocenters. The van der Waals surface area contributed by atoms with Crippen LogP contribution < -0.4 is 0 Å². The van der Waals surface area contributed by atoms with Crippen LogP contribution in [0, 0.1) is 5.92 Å². The highest BCUT2D eigenvalue weighted by Gasteiger charge is 2.36. The fourth-order valence-corrected chi connectivity index (χ4v) is 1.75. The molecule has 0 aromatic carbocycles. The fourth-order valence-electron chi connectivity index (χ4n) is 1.75. The quantitative estimate of drug-likeness (QED) is 0.708. The first-order valence-electron chi connectivity index (χ1n) is 6.77. The van der Waals surface area contributed by atoms with Crippen molar-refractivity contribution in [1.29, 1.82) is 0 Å². The minimum absolute atomic E-state index is 0.0710. The van der Waals surface area contributed by atoms with E-state index in [1.807, 2.05) is 34.6 Å². The third-order valence-electron chi connectivity index (χ3n) is 3.05. The molecule has 0 aromatic rings. The van der Waals surface area contributed by atoms with Crippen LogP contribution in [0.3, 0.4) is 0 Å². The normalized spacial score (nSPS) is 17.2. The zero-order chi connectivity index (χ0) is 13.9. The van der Waals surface area contributed by atoms with Crippen molar-refractivity contribution in [2.45, 2.75) is 65.5 Å². The molecule has 1 unspecified atom stereocenters. The second-order valence-electron chi connectivity index (χ2n) is 6.08. The summed E-state index contributed by atoms with van der Waals surface area (Å²) >= 11 is 0. The van der Waals surface area contributed by atoms with Crippen LogP contribution in [-0.4, -0.2) is 35.0 Å². The number of hydrogen-bond donors (Lipinski definition) is 0. The minimum Gasteiger partial charge on any atom is -0.459 e. The summed E-state index contributed by atoms with van der Waals surface area (Å²) in [6.07, 6.45) is 2.77. The van der Waals surface area contributed by atoms with E-state index in [4.69, 9.17) is 4.74 Å². The van der Waals surface area contributed by atoms with E-state index in [0.29, 0.717) is 0 Å². The van der Waals surface area contributed by atoms with Crippen molar-refractivity contribution in [2.75, 3.05) is 6.54 Å². The lowest BCUT2D eigenvalue weighted by atomic mass is 10.2. The predicted molar refractivity (Wildman–Crippen MR) is 70.0 cm³/mol. The molecular formula is C14H25NO3. The Hall–Kier alpha value is -1.06. The molecule has 1 amide bonds. The summed E-state index contributed by atoms with van der Waals surface area (Å²) in [5.41, 5.74) is -0.499. The fraction of sp³-hybridized carbons (Fsp3) is 0.857. The first kappa shape index (κ1) is 15.0. The van der Waals surface area contributed by atoms with Crippen LogP contribution in [0.1, 0.15) is 53.9 Å². The maximum absolute atomic E-state index is 12.1. The maximum Gasteiger partial charge on any atom is 0.326 e. The van der Waals surface area contributed by atoms with Crippen molar-refractivity contribution in [1.82, 2.24) is 4.90 Å². The van der Waals surface area contributed by atoms with E-state index < -0.39 is 5.60 Å². The molecular weight excluding hydrogens is 230 g/mol. The largest absolute Gasteiger partial charge is 0.459 e. The van der Waals surface area contributed by atoms with Gasteiger partial charge in [-0.3, -0.25) is 9.59 Å². The Morgan fingerprint density at radius 2 is 1.89 bits per heavy atom. The van der Waals surface area contributed by atoms with Crippen LogP contribution in [0.25, 0.3) is 0 Å². The van der Waals surface area contributed by atoms with Crippen LogP contribution in [-0.2, 0) is 14.3 Å². The van der Waals surface area contributed by atoms with E-state index in [9.17, 15) is 9.59 Å². The van der Waals surface area contributed by atoms with Gasteiger partial charge in [-0.05, 0) is 47.0 Å². The number of ether oxygens (including phenoxy) is 1. The van der Waals surface area contributed by atoms with Gasteiger partial charge in [-0.1, -0.05) is 6.92 Å².